The highest BCUT2D eigenvalue weighted by Gasteiger charge is 2.16. The number of hydrogen-bond acceptors (Lipinski definition) is 3. The van der Waals surface area contributed by atoms with Crippen LogP contribution < -0.4 is 10.0 Å². The smallest absolute Gasteiger partial charge is 0.242 e. The van der Waals surface area contributed by atoms with Gasteiger partial charge in [0.05, 0.1) is 5.69 Å². The van der Waals surface area contributed by atoms with E-state index in [0.717, 1.165) is 12.8 Å². The Morgan fingerprint density at radius 1 is 1.26 bits per heavy atom. The first kappa shape index (κ1) is 15.5. The molecule has 0 heterocycles. The van der Waals surface area contributed by atoms with Gasteiger partial charge in [0.2, 0.25) is 10.0 Å². The van der Waals surface area contributed by atoms with E-state index in [1.54, 1.807) is 18.2 Å². The number of nitrogens with one attached hydrogen (secondary N) is 2. The quantitative estimate of drug-likeness (QED) is 0.567. The molecule has 0 aliphatic carbocycles. The molecule has 19 heavy (non-hydrogen) atoms. The highest BCUT2D eigenvalue weighted by molar-refractivity contribution is 7.89. The van der Waals surface area contributed by atoms with Crippen LogP contribution >= 0.6 is 0 Å². The molecule has 0 saturated heterocycles. The average molecular weight is 280 g/mol. The molecule has 0 aromatic heterocycles. The van der Waals surface area contributed by atoms with Crippen molar-refractivity contribution in [2.24, 2.45) is 0 Å². The number of unbranched alkanes of at least 4 members (excludes halogenated alkanes) is 1. The van der Waals surface area contributed by atoms with Gasteiger partial charge in [-0.25, -0.2) is 13.1 Å². The van der Waals surface area contributed by atoms with E-state index >= 15 is 0 Å². The van der Waals surface area contributed by atoms with Crippen molar-refractivity contribution in [1.82, 2.24) is 4.72 Å². The molecule has 0 amide bonds. The van der Waals surface area contributed by atoms with Crippen molar-refractivity contribution in [3.05, 3.63) is 24.3 Å². The zero-order valence-electron chi connectivity index (χ0n) is 11.1. The summed E-state index contributed by atoms with van der Waals surface area (Å²) in [5.41, 5.74) is 0.614. The lowest BCUT2D eigenvalue weighted by atomic mass is 10.3. The van der Waals surface area contributed by atoms with Gasteiger partial charge in [0.1, 0.15) is 4.90 Å². The Bertz CT molecular complexity index is 533. The van der Waals surface area contributed by atoms with E-state index in [9.17, 15) is 8.42 Å². The largest absolute Gasteiger partial charge is 0.384 e. The molecule has 0 fully saturated rings. The molecule has 1 aromatic rings. The molecule has 0 saturated carbocycles. The van der Waals surface area contributed by atoms with Crippen molar-refractivity contribution in [3.63, 3.8) is 0 Å². The van der Waals surface area contributed by atoms with Crippen LogP contribution in [0.3, 0.4) is 0 Å². The van der Waals surface area contributed by atoms with Gasteiger partial charge < -0.3 is 5.32 Å². The second kappa shape index (κ2) is 7.82. The van der Waals surface area contributed by atoms with Crippen LogP contribution in [0.5, 0.6) is 0 Å². The third-order valence-electron chi connectivity index (χ3n) is 2.53. The van der Waals surface area contributed by atoms with Crippen molar-refractivity contribution >= 4 is 15.7 Å². The topological polar surface area (TPSA) is 58.2 Å². The molecule has 104 valence electrons. The average Bonchev–Trinajstić information content (AvgIpc) is 2.42. The third kappa shape index (κ3) is 4.93. The number of rotatable bonds is 8. The molecule has 0 bridgehead atoms. The number of sulfonamides is 1. The van der Waals surface area contributed by atoms with Crippen LogP contribution in [-0.2, 0) is 10.0 Å². The first-order chi connectivity index (χ1) is 9.11. The lowest BCUT2D eigenvalue weighted by molar-refractivity contribution is 0.581. The summed E-state index contributed by atoms with van der Waals surface area (Å²) >= 11 is 0. The van der Waals surface area contributed by atoms with Crippen LogP contribution in [0.2, 0.25) is 0 Å². The van der Waals surface area contributed by atoms with Crippen molar-refractivity contribution in [2.45, 2.75) is 31.1 Å². The standard InChI is InChI=1S/C14H20N2O2S/c1-3-5-8-12-15-13-9-6-7-10-14(13)19(17,18)16-11-4-2/h1,6-7,9-10,15-16H,4-5,8,11-12H2,2H3. The summed E-state index contributed by atoms with van der Waals surface area (Å²) in [4.78, 5) is 0.282. The minimum absolute atomic E-state index is 0.282. The Balaban J connectivity index is 2.81. The molecule has 2 N–H and O–H groups in total. The molecular formula is C14H20N2O2S. The van der Waals surface area contributed by atoms with E-state index in [0.29, 0.717) is 25.2 Å². The number of benzene rings is 1. The summed E-state index contributed by atoms with van der Waals surface area (Å²) in [6.07, 6.45) is 7.43. The first-order valence-corrected chi connectivity index (χ1v) is 7.86. The van der Waals surface area contributed by atoms with Crippen LogP contribution in [0.25, 0.3) is 0 Å². The fraction of sp³-hybridized carbons (Fsp3) is 0.429. The van der Waals surface area contributed by atoms with Gasteiger partial charge in [0.15, 0.2) is 0 Å². The van der Waals surface area contributed by atoms with E-state index in [1.165, 1.54) is 0 Å². The number of anilines is 1. The van der Waals surface area contributed by atoms with Crippen molar-refractivity contribution < 1.29 is 8.42 Å². The normalized spacial score (nSPS) is 10.9. The molecule has 0 aliphatic rings. The van der Waals surface area contributed by atoms with Gasteiger partial charge in [-0.05, 0) is 25.0 Å². The molecule has 0 atom stereocenters. The SMILES string of the molecule is C#CCCCNc1ccccc1S(=O)(=O)NCCC. The summed E-state index contributed by atoms with van der Waals surface area (Å²) < 4.78 is 26.8. The lowest BCUT2D eigenvalue weighted by Crippen LogP contribution is -2.25. The maximum atomic E-state index is 12.1. The van der Waals surface area contributed by atoms with Crippen molar-refractivity contribution in [3.8, 4) is 12.3 Å². The number of para-hydroxylation sites is 1. The third-order valence-corrected chi connectivity index (χ3v) is 4.05. The van der Waals surface area contributed by atoms with Crippen LogP contribution in [0.15, 0.2) is 29.2 Å². The molecular weight excluding hydrogens is 260 g/mol. The highest BCUT2D eigenvalue weighted by atomic mass is 32.2. The van der Waals surface area contributed by atoms with Crippen molar-refractivity contribution in [2.75, 3.05) is 18.4 Å². The zero-order valence-corrected chi connectivity index (χ0v) is 12.0. The molecule has 1 rings (SSSR count). The maximum Gasteiger partial charge on any atom is 0.242 e. The van der Waals surface area contributed by atoms with Gasteiger partial charge in [-0.2, -0.15) is 0 Å². The molecule has 0 unspecified atom stereocenters. The molecule has 0 radical (unpaired) electrons. The van der Waals surface area contributed by atoms with E-state index in [4.69, 9.17) is 6.42 Å². The Labute approximate surface area is 115 Å². The van der Waals surface area contributed by atoms with Crippen LogP contribution in [0.1, 0.15) is 26.2 Å². The van der Waals surface area contributed by atoms with Crippen LogP contribution in [0.4, 0.5) is 5.69 Å². The first-order valence-electron chi connectivity index (χ1n) is 6.38. The summed E-state index contributed by atoms with van der Waals surface area (Å²) in [5.74, 6) is 2.56. The van der Waals surface area contributed by atoms with Gasteiger partial charge >= 0.3 is 0 Å². The maximum absolute atomic E-state index is 12.1. The minimum atomic E-state index is -3.45. The molecule has 1 aromatic carbocycles. The van der Waals surface area contributed by atoms with E-state index in [2.05, 4.69) is 16.0 Å². The number of hydrogen-bond donors (Lipinski definition) is 2. The molecule has 5 heteroatoms. The van der Waals surface area contributed by atoms with Gasteiger partial charge in [0, 0.05) is 19.5 Å². The summed E-state index contributed by atoms with van der Waals surface area (Å²) in [5, 5.41) is 3.12. The second-order valence-electron chi connectivity index (χ2n) is 4.13. The lowest BCUT2D eigenvalue weighted by Gasteiger charge is -2.12. The second-order valence-corrected chi connectivity index (χ2v) is 5.86. The number of terminal acetylenes is 1. The Kier molecular flexibility index (Phi) is 6.40. The summed E-state index contributed by atoms with van der Waals surface area (Å²) in [6, 6.07) is 6.88. The zero-order chi connectivity index (χ0) is 14.1. The van der Waals surface area contributed by atoms with Crippen LogP contribution in [0, 0.1) is 12.3 Å². The fourth-order valence-electron chi connectivity index (χ4n) is 1.57. The van der Waals surface area contributed by atoms with Gasteiger partial charge in [-0.3, -0.25) is 0 Å². The van der Waals surface area contributed by atoms with Gasteiger partial charge in [-0.15, -0.1) is 12.3 Å². The van der Waals surface area contributed by atoms with Crippen LogP contribution in [-0.4, -0.2) is 21.5 Å². The fourth-order valence-corrected chi connectivity index (χ4v) is 2.89. The van der Waals surface area contributed by atoms with Gasteiger partial charge in [-0.1, -0.05) is 19.1 Å². The van der Waals surface area contributed by atoms with Gasteiger partial charge in [0.25, 0.3) is 0 Å². The molecule has 0 aliphatic heterocycles. The minimum Gasteiger partial charge on any atom is -0.384 e. The summed E-state index contributed by atoms with van der Waals surface area (Å²) in [6.45, 7) is 3.02. The van der Waals surface area contributed by atoms with E-state index in [-0.39, 0.29) is 4.90 Å². The van der Waals surface area contributed by atoms with Crippen molar-refractivity contribution in [1.29, 1.82) is 0 Å². The highest BCUT2D eigenvalue weighted by Crippen LogP contribution is 2.20. The van der Waals surface area contributed by atoms with E-state index in [1.807, 2.05) is 13.0 Å². The Morgan fingerprint density at radius 2 is 2.00 bits per heavy atom. The summed E-state index contributed by atoms with van der Waals surface area (Å²) in [7, 11) is -3.45. The Morgan fingerprint density at radius 3 is 2.68 bits per heavy atom. The predicted molar refractivity (Wildman–Crippen MR) is 78.5 cm³/mol. The molecule has 4 nitrogen and oxygen atoms in total. The Hall–Kier alpha value is -1.51. The van der Waals surface area contributed by atoms with E-state index < -0.39 is 10.0 Å². The predicted octanol–water partition coefficient (Wildman–Crippen LogP) is 2.20. The monoisotopic (exact) mass is 280 g/mol. The molecule has 0 spiro atoms.